The zero-order valence-electron chi connectivity index (χ0n) is 12.9. The number of likely N-dealkylation sites (N-methyl/N-ethyl adjacent to an activating group) is 1. The number of fused-ring (bicyclic) bond motifs is 1. The van der Waals surface area contributed by atoms with Gasteiger partial charge in [0, 0.05) is 18.5 Å². The van der Waals surface area contributed by atoms with E-state index in [2.05, 4.69) is 35.6 Å². The molecular formula is C18H22ClNO2. The molecule has 0 spiro atoms. The Morgan fingerprint density at radius 3 is 2.64 bits per heavy atom. The average Bonchev–Trinajstić information content (AvgIpc) is 2.55. The number of hydrogen-bond acceptors (Lipinski definition) is 3. The molecule has 0 aliphatic carbocycles. The third-order valence-corrected chi connectivity index (χ3v) is 4.05. The topological polar surface area (TPSA) is 30.5 Å². The average molecular weight is 320 g/mol. The quantitative estimate of drug-likeness (QED) is 0.925. The fraction of sp³-hybridized carbons (Fsp3) is 0.333. The van der Waals surface area contributed by atoms with Crippen LogP contribution in [-0.2, 0) is 0 Å². The Labute approximate surface area is 138 Å². The van der Waals surface area contributed by atoms with Crippen LogP contribution in [0.5, 0.6) is 11.5 Å². The Morgan fingerprint density at radius 1 is 1.18 bits per heavy atom. The van der Waals surface area contributed by atoms with Crippen molar-refractivity contribution in [1.29, 1.82) is 0 Å². The predicted molar refractivity (Wildman–Crippen MR) is 91.3 cm³/mol. The number of rotatable bonds is 4. The van der Waals surface area contributed by atoms with Crippen LogP contribution in [0.1, 0.15) is 29.6 Å². The standard InChI is InChI=1S/C18H21NO2.ClH/c1-19-12-14-10-17(13-6-4-3-5-7-13)21-18-11-15(20-2)8-9-16(14)18;/h3-9,11,14,17,19H,10,12H2,1-2H3;1H. The maximum atomic E-state index is 6.23. The van der Waals surface area contributed by atoms with E-state index in [1.165, 1.54) is 11.1 Å². The van der Waals surface area contributed by atoms with Crippen molar-refractivity contribution in [3.63, 3.8) is 0 Å². The summed E-state index contributed by atoms with van der Waals surface area (Å²) < 4.78 is 11.6. The van der Waals surface area contributed by atoms with E-state index in [1.54, 1.807) is 7.11 Å². The Hall–Kier alpha value is -1.71. The molecule has 2 aromatic rings. The number of methoxy groups -OCH3 is 1. The van der Waals surface area contributed by atoms with Crippen LogP contribution in [0.15, 0.2) is 48.5 Å². The first kappa shape index (κ1) is 16.7. The van der Waals surface area contributed by atoms with E-state index >= 15 is 0 Å². The summed E-state index contributed by atoms with van der Waals surface area (Å²) in [6.07, 6.45) is 1.09. The first-order valence-electron chi connectivity index (χ1n) is 7.36. The van der Waals surface area contributed by atoms with Crippen molar-refractivity contribution in [2.45, 2.75) is 18.4 Å². The highest BCUT2D eigenvalue weighted by atomic mass is 35.5. The molecule has 1 heterocycles. The van der Waals surface area contributed by atoms with Crippen molar-refractivity contribution in [1.82, 2.24) is 5.32 Å². The molecule has 2 atom stereocenters. The van der Waals surface area contributed by atoms with Gasteiger partial charge in [-0.1, -0.05) is 36.4 Å². The van der Waals surface area contributed by atoms with Gasteiger partial charge in [0.25, 0.3) is 0 Å². The molecule has 0 fully saturated rings. The van der Waals surface area contributed by atoms with Gasteiger partial charge in [-0.3, -0.25) is 0 Å². The molecule has 1 N–H and O–H groups in total. The Morgan fingerprint density at radius 2 is 1.95 bits per heavy atom. The minimum absolute atomic E-state index is 0. The SMILES string of the molecule is CNCC1CC(c2ccccc2)Oc2cc(OC)ccc21.Cl. The normalized spacial score (nSPS) is 19.5. The summed E-state index contributed by atoms with van der Waals surface area (Å²) in [5.74, 6) is 2.23. The molecule has 0 aromatic heterocycles. The highest BCUT2D eigenvalue weighted by Crippen LogP contribution is 2.43. The van der Waals surface area contributed by atoms with Gasteiger partial charge in [0.2, 0.25) is 0 Å². The van der Waals surface area contributed by atoms with Crippen LogP contribution >= 0.6 is 12.4 Å². The predicted octanol–water partition coefficient (Wildman–Crippen LogP) is 3.94. The van der Waals surface area contributed by atoms with Crippen molar-refractivity contribution in [2.24, 2.45) is 0 Å². The number of ether oxygens (including phenoxy) is 2. The lowest BCUT2D eigenvalue weighted by molar-refractivity contribution is 0.159. The summed E-state index contributed by atoms with van der Waals surface area (Å²) in [6, 6.07) is 16.5. The molecule has 2 unspecified atom stereocenters. The molecular weight excluding hydrogens is 298 g/mol. The second-order valence-electron chi connectivity index (χ2n) is 5.41. The van der Waals surface area contributed by atoms with E-state index in [9.17, 15) is 0 Å². The Bertz CT molecular complexity index is 603. The van der Waals surface area contributed by atoms with Gasteiger partial charge < -0.3 is 14.8 Å². The molecule has 4 heteroatoms. The second-order valence-corrected chi connectivity index (χ2v) is 5.41. The number of hydrogen-bond donors (Lipinski definition) is 1. The maximum Gasteiger partial charge on any atom is 0.127 e. The summed E-state index contributed by atoms with van der Waals surface area (Å²) >= 11 is 0. The van der Waals surface area contributed by atoms with E-state index in [0.29, 0.717) is 5.92 Å². The Kier molecular flexibility index (Phi) is 5.69. The fourth-order valence-corrected chi connectivity index (χ4v) is 2.98. The Balaban J connectivity index is 0.00000176. The van der Waals surface area contributed by atoms with E-state index < -0.39 is 0 Å². The zero-order chi connectivity index (χ0) is 14.7. The van der Waals surface area contributed by atoms with E-state index in [1.807, 2.05) is 25.2 Å². The van der Waals surface area contributed by atoms with Crippen LogP contribution in [0.3, 0.4) is 0 Å². The van der Waals surface area contributed by atoms with Crippen molar-refractivity contribution < 1.29 is 9.47 Å². The van der Waals surface area contributed by atoms with Crippen molar-refractivity contribution in [3.8, 4) is 11.5 Å². The molecule has 1 aliphatic heterocycles. The summed E-state index contributed by atoms with van der Waals surface area (Å²) in [5.41, 5.74) is 2.49. The monoisotopic (exact) mass is 319 g/mol. The van der Waals surface area contributed by atoms with Crippen molar-refractivity contribution >= 4 is 12.4 Å². The lowest BCUT2D eigenvalue weighted by Gasteiger charge is -2.32. The van der Waals surface area contributed by atoms with Crippen LogP contribution in [0.4, 0.5) is 0 Å². The van der Waals surface area contributed by atoms with E-state index in [0.717, 1.165) is 24.5 Å². The summed E-state index contributed by atoms with van der Waals surface area (Å²) in [4.78, 5) is 0. The first-order valence-corrected chi connectivity index (χ1v) is 7.36. The van der Waals surface area contributed by atoms with Gasteiger partial charge >= 0.3 is 0 Å². The molecule has 0 saturated carbocycles. The van der Waals surface area contributed by atoms with Crippen LogP contribution in [0.2, 0.25) is 0 Å². The van der Waals surface area contributed by atoms with Crippen molar-refractivity contribution in [2.75, 3.05) is 20.7 Å². The van der Waals surface area contributed by atoms with Gasteiger partial charge in [-0.2, -0.15) is 0 Å². The summed E-state index contributed by atoms with van der Waals surface area (Å²) in [6.45, 7) is 0.950. The zero-order valence-corrected chi connectivity index (χ0v) is 13.7. The molecule has 3 nitrogen and oxygen atoms in total. The third kappa shape index (κ3) is 3.37. The van der Waals surface area contributed by atoms with Gasteiger partial charge in [-0.25, -0.2) is 0 Å². The molecule has 22 heavy (non-hydrogen) atoms. The molecule has 0 radical (unpaired) electrons. The maximum absolute atomic E-state index is 6.23. The second kappa shape index (κ2) is 7.52. The van der Waals surface area contributed by atoms with Crippen LogP contribution in [0, 0.1) is 0 Å². The van der Waals surface area contributed by atoms with Gasteiger partial charge in [0.15, 0.2) is 0 Å². The van der Waals surface area contributed by atoms with E-state index in [-0.39, 0.29) is 18.5 Å². The number of halogens is 1. The van der Waals surface area contributed by atoms with Gasteiger partial charge in [-0.15, -0.1) is 12.4 Å². The minimum atomic E-state index is 0. The lowest BCUT2D eigenvalue weighted by atomic mass is 9.87. The van der Waals surface area contributed by atoms with Gasteiger partial charge in [0.1, 0.15) is 17.6 Å². The molecule has 3 rings (SSSR count). The van der Waals surface area contributed by atoms with Crippen LogP contribution in [0.25, 0.3) is 0 Å². The fourth-order valence-electron chi connectivity index (χ4n) is 2.98. The minimum Gasteiger partial charge on any atom is -0.497 e. The van der Waals surface area contributed by atoms with Crippen molar-refractivity contribution in [3.05, 3.63) is 59.7 Å². The molecule has 0 saturated heterocycles. The smallest absolute Gasteiger partial charge is 0.127 e. The largest absolute Gasteiger partial charge is 0.497 e. The third-order valence-electron chi connectivity index (χ3n) is 4.05. The highest BCUT2D eigenvalue weighted by Gasteiger charge is 2.29. The first-order chi connectivity index (χ1) is 10.3. The molecule has 1 aliphatic rings. The molecule has 118 valence electrons. The van der Waals surface area contributed by atoms with Gasteiger partial charge in [-0.05, 0) is 30.7 Å². The van der Waals surface area contributed by atoms with Gasteiger partial charge in [0.05, 0.1) is 7.11 Å². The molecule has 0 amide bonds. The molecule has 0 bridgehead atoms. The summed E-state index contributed by atoms with van der Waals surface area (Å²) in [7, 11) is 3.68. The van der Waals surface area contributed by atoms with Crippen LogP contribution < -0.4 is 14.8 Å². The highest BCUT2D eigenvalue weighted by molar-refractivity contribution is 5.85. The number of nitrogens with one attached hydrogen (secondary N) is 1. The van der Waals surface area contributed by atoms with Crippen LogP contribution in [-0.4, -0.2) is 20.7 Å². The molecule has 2 aromatic carbocycles. The van der Waals surface area contributed by atoms with E-state index in [4.69, 9.17) is 9.47 Å². The summed E-state index contributed by atoms with van der Waals surface area (Å²) in [5, 5.41) is 3.29. The number of benzene rings is 2. The lowest BCUT2D eigenvalue weighted by Crippen LogP contribution is -2.25.